The van der Waals surface area contributed by atoms with Crippen molar-refractivity contribution in [3.63, 3.8) is 0 Å². The predicted molar refractivity (Wildman–Crippen MR) is 50.9 cm³/mol. The van der Waals surface area contributed by atoms with E-state index in [0.717, 1.165) is 16.9 Å². The van der Waals surface area contributed by atoms with Gasteiger partial charge in [-0.3, -0.25) is 0 Å². The fraction of sp³-hybridized carbons (Fsp3) is 0.333. The molecule has 1 aromatic rings. The van der Waals surface area contributed by atoms with Crippen molar-refractivity contribution >= 4 is 11.8 Å². The number of hydrogen-bond donors (Lipinski definition) is 1. The topological polar surface area (TPSA) is 26.0 Å². The number of benzene rings is 1. The fourth-order valence-electron chi connectivity index (χ4n) is 1.05. The highest BCUT2D eigenvalue weighted by atomic mass is 32.2. The monoisotopic (exact) mass is 185 g/mol. The summed E-state index contributed by atoms with van der Waals surface area (Å²) >= 11 is 1.54. The lowest BCUT2D eigenvalue weighted by Crippen LogP contribution is -2.02. The minimum Gasteiger partial charge on any atom is -0.330 e. The van der Waals surface area contributed by atoms with Crippen LogP contribution in [0.1, 0.15) is 5.56 Å². The van der Waals surface area contributed by atoms with Crippen molar-refractivity contribution in [1.82, 2.24) is 0 Å². The lowest BCUT2D eigenvalue weighted by Gasteiger charge is -2.02. The Balaban J connectivity index is 2.90. The first-order valence-electron chi connectivity index (χ1n) is 3.80. The third kappa shape index (κ3) is 2.50. The molecule has 0 saturated carbocycles. The Kier molecular flexibility index (Phi) is 3.56. The molecule has 0 amide bonds. The maximum Gasteiger partial charge on any atom is 0.124 e. The van der Waals surface area contributed by atoms with E-state index in [9.17, 15) is 4.39 Å². The van der Waals surface area contributed by atoms with E-state index in [1.54, 1.807) is 11.8 Å². The van der Waals surface area contributed by atoms with Gasteiger partial charge in [-0.1, -0.05) is 0 Å². The molecule has 2 N–H and O–H groups in total. The summed E-state index contributed by atoms with van der Waals surface area (Å²) in [6.07, 6.45) is 2.67. The molecule has 0 aliphatic heterocycles. The van der Waals surface area contributed by atoms with Crippen molar-refractivity contribution < 1.29 is 4.39 Å². The molecular formula is C9H12FNS. The molecule has 0 atom stereocenters. The average molecular weight is 185 g/mol. The van der Waals surface area contributed by atoms with Crippen molar-refractivity contribution in [1.29, 1.82) is 0 Å². The second-order valence-corrected chi connectivity index (χ2v) is 3.42. The van der Waals surface area contributed by atoms with Gasteiger partial charge in [-0.15, -0.1) is 11.8 Å². The molecule has 1 aromatic carbocycles. The fourth-order valence-corrected chi connectivity index (χ4v) is 1.55. The van der Waals surface area contributed by atoms with E-state index in [1.807, 2.05) is 12.3 Å². The summed E-state index contributed by atoms with van der Waals surface area (Å²) in [5.74, 6) is -0.176. The number of halogens is 1. The molecule has 1 nitrogen and oxygen atoms in total. The summed E-state index contributed by atoms with van der Waals surface area (Å²) in [6.45, 7) is 0.567. The molecule has 0 aliphatic carbocycles. The van der Waals surface area contributed by atoms with Crippen LogP contribution in [0.25, 0.3) is 0 Å². The van der Waals surface area contributed by atoms with Crippen LogP contribution < -0.4 is 5.73 Å². The van der Waals surface area contributed by atoms with Crippen LogP contribution in [0.5, 0.6) is 0 Å². The number of thioether (sulfide) groups is 1. The molecule has 0 fully saturated rings. The Bertz CT molecular complexity index is 263. The molecule has 3 heteroatoms. The Hall–Kier alpha value is -0.540. The second kappa shape index (κ2) is 4.48. The molecule has 1 rings (SSSR count). The highest BCUT2D eigenvalue weighted by Gasteiger charge is 1.98. The summed E-state index contributed by atoms with van der Waals surface area (Å²) in [7, 11) is 0. The molecule has 0 saturated heterocycles. The van der Waals surface area contributed by atoms with Crippen LogP contribution in [0.4, 0.5) is 4.39 Å². The van der Waals surface area contributed by atoms with Crippen LogP contribution in [0, 0.1) is 5.82 Å². The van der Waals surface area contributed by atoms with Crippen molar-refractivity contribution in [3.8, 4) is 0 Å². The van der Waals surface area contributed by atoms with Crippen LogP contribution in [0.15, 0.2) is 23.1 Å². The van der Waals surface area contributed by atoms with Gasteiger partial charge in [0.25, 0.3) is 0 Å². The first kappa shape index (κ1) is 9.55. The largest absolute Gasteiger partial charge is 0.330 e. The zero-order chi connectivity index (χ0) is 8.97. The van der Waals surface area contributed by atoms with E-state index in [-0.39, 0.29) is 5.82 Å². The molecule has 0 bridgehead atoms. The molecule has 0 unspecified atom stereocenters. The Labute approximate surface area is 76.2 Å². The Morgan fingerprint density at radius 1 is 1.42 bits per heavy atom. The molecule has 0 aromatic heterocycles. The zero-order valence-electron chi connectivity index (χ0n) is 7.01. The number of nitrogens with two attached hydrogens (primary N) is 1. The van der Waals surface area contributed by atoms with E-state index in [4.69, 9.17) is 5.73 Å². The zero-order valence-corrected chi connectivity index (χ0v) is 7.83. The van der Waals surface area contributed by atoms with Crippen LogP contribution in [-0.4, -0.2) is 12.8 Å². The van der Waals surface area contributed by atoms with E-state index < -0.39 is 0 Å². The molecule has 0 heterocycles. The predicted octanol–water partition coefficient (Wildman–Crippen LogP) is 2.05. The molecule has 66 valence electrons. The summed E-state index contributed by atoms with van der Waals surface area (Å²) in [5.41, 5.74) is 6.35. The highest BCUT2D eigenvalue weighted by Crippen LogP contribution is 2.18. The molecule has 0 spiro atoms. The first-order chi connectivity index (χ1) is 5.76. The van der Waals surface area contributed by atoms with E-state index >= 15 is 0 Å². The SMILES string of the molecule is CSc1cc(F)cc(CCN)c1. The van der Waals surface area contributed by atoms with Gasteiger partial charge in [0.15, 0.2) is 0 Å². The molecule has 12 heavy (non-hydrogen) atoms. The molecule has 0 aliphatic rings. The molecular weight excluding hydrogens is 173 g/mol. The van der Waals surface area contributed by atoms with Crippen molar-refractivity contribution in [3.05, 3.63) is 29.6 Å². The van der Waals surface area contributed by atoms with Gasteiger partial charge in [-0.2, -0.15) is 0 Å². The lowest BCUT2D eigenvalue weighted by molar-refractivity contribution is 0.621. The lowest BCUT2D eigenvalue weighted by atomic mass is 10.1. The maximum absolute atomic E-state index is 12.9. The maximum atomic E-state index is 12.9. The van der Waals surface area contributed by atoms with Gasteiger partial charge in [-0.05, 0) is 43.0 Å². The van der Waals surface area contributed by atoms with Gasteiger partial charge in [0, 0.05) is 4.90 Å². The normalized spacial score (nSPS) is 10.2. The Morgan fingerprint density at radius 2 is 2.17 bits per heavy atom. The van der Waals surface area contributed by atoms with Crippen LogP contribution >= 0.6 is 11.8 Å². The van der Waals surface area contributed by atoms with Gasteiger partial charge >= 0.3 is 0 Å². The van der Waals surface area contributed by atoms with Crippen LogP contribution in [0.3, 0.4) is 0 Å². The average Bonchev–Trinajstić information content (AvgIpc) is 2.04. The highest BCUT2D eigenvalue weighted by molar-refractivity contribution is 7.98. The van der Waals surface area contributed by atoms with E-state index in [2.05, 4.69) is 0 Å². The van der Waals surface area contributed by atoms with E-state index in [1.165, 1.54) is 12.1 Å². The standard InChI is InChI=1S/C9H12FNS/c1-12-9-5-7(2-3-11)4-8(10)6-9/h4-6H,2-3,11H2,1H3. The summed E-state index contributed by atoms with van der Waals surface area (Å²) in [5, 5.41) is 0. The van der Waals surface area contributed by atoms with E-state index in [0.29, 0.717) is 6.54 Å². The van der Waals surface area contributed by atoms with Gasteiger partial charge in [0.2, 0.25) is 0 Å². The molecule has 0 radical (unpaired) electrons. The van der Waals surface area contributed by atoms with Gasteiger partial charge in [0.1, 0.15) is 5.82 Å². The quantitative estimate of drug-likeness (QED) is 0.729. The second-order valence-electron chi connectivity index (χ2n) is 2.54. The number of hydrogen-bond acceptors (Lipinski definition) is 2. The summed E-state index contributed by atoms with van der Waals surface area (Å²) < 4.78 is 12.9. The number of rotatable bonds is 3. The third-order valence-corrected chi connectivity index (χ3v) is 2.31. The van der Waals surface area contributed by atoms with Crippen LogP contribution in [-0.2, 0) is 6.42 Å². The Morgan fingerprint density at radius 3 is 2.75 bits per heavy atom. The minimum atomic E-state index is -0.176. The van der Waals surface area contributed by atoms with Crippen molar-refractivity contribution in [2.75, 3.05) is 12.8 Å². The summed E-state index contributed by atoms with van der Waals surface area (Å²) in [4.78, 5) is 0.957. The first-order valence-corrected chi connectivity index (χ1v) is 5.02. The smallest absolute Gasteiger partial charge is 0.124 e. The van der Waals surface area contributed by atoms with Gasteiger partial charge < -0.3 is 5.73 Å². The van der Waals surface area contributed by atoms with Gasteiger partial charge in [0.05, 0.1) is 0 Å². The minimum absolute atomic E-state index is 0.176. The van der Waals surface area contributed by atoms with Crippen LogP contribution in [0.2, 0.25) is 0 Å². The summed E-state index contributed by atoms with van der Waals surface area (Å²) in [6, 6.07) is 5.04. The van der Waals surface area contributed by atoms with Crippen molar-refractivity contribution in [2.24, 2.45) is 5.73 Å². The van der Waals surface area contributed by atoms with Crippen molar-refractivity contribution in [2.45, 2.75) is 11.3 Å². The third-order valence-electron chi connectivity index (χ3n) is 1.60. The van der Waals surface area contributed by atoms with Gasteiger partial charge in [-0.25, -0.2) is 4.39 Å².